The molecule has 6 heteroatoms. The van der Waals surface area contributed by atoms with Crippen LogP contribution >= 0.6 is 0 Å². The van der Waals surface area contributed by atoms with E-state index in [2.05, 4.69) is 20.6 Å². The minimum atomic E-state index is -0.348. The quantitative estimate of drug-likeness (QED) is 0.762. The standard InChI is InChI=1S/C12H20N4O2/c1-4-6-18-11-7-10(14-8-15-11)16-9(3)12(17)13-5-2/h7-9H,4-6H2,1-3H3,(H,13,17)(H,14,15,16). The fraction of sp³-hybridized carbons (Fsp3) is 0.583. The fourth-order valence-corrected chi connectivity index (χ4v) is 1.32. The zero-order valence-electron chi connectivity index (χ0n) is 11.1. The van der Waals surface area contributed by atoms with Crippen molar-refractivity contribution < 1.29 is 9.53 Å². The molecule has 0 spiro atoms. The predicted molar refractivity (Wildman–Crippen MR) is 69.6 cm³/mol. The van der Waals surface area contributed by atoms with Crippen molar-refractivity contribution in [3.63, 3.8) is 0 Å². The third-order valence-corrected chi connectivity index (χ3v) is 2.20. The average Bonchev–Trinajstić information content (AvgIpc) is 2.37. The topological polar surface area (TPSA) is 76.1 Å². The van der Waals surface area contributed by atoms with Crippen LogP contribution in [0.4, 0.5) is 5.82 Å². The van der Waals surface area contributed by atoms with E-state index < -0.39 is 0 Å². The van der Waals surface area contributed by atoms with Gasteiger partial charge in [0.05, 0.1) is 6.61 Å². The second-order valence-corrected chi connectivity index (χ2v) is 3.85. The molecule has 6 nitrogen and oxygen atoms in total. The number of carbonyl (C=O) groups excluding carboxylic acids is 1. The Morgan fingerprint density at radius 2 is 2.22 bits per heavy atom. The van der Waals surface area contributed by atoms with Crippen LogP contribution in [0.15, 0.2) is 12.4 Å². The number of carbonyl (C=O) groups is 1. The van der Waals surface area contributed by atoms with Crippen LogP contribution in [0.1, 0.15) is 27.2 Å². The Labute approximate surface area is 107 Å². The molecular weight excluding hydrogens is 232 g/mol. The molecule has 1 heterocycles. The van der Waals surface area contributed by atoms with E-state index in [0.717, 1.165) is 6.42 Å². The molecule has 1 amide bonds. The molecule has 100 valence electrons. The number of aromatic nitrogens is 2. The van der Waals surface area contributed by atoms with Gasteiger partial charge in [-0.1, -0.05) is 6.92 Å². The highest BCUT2D eigenvalue weighted by atomic mass is 16.5. The summed E-state index contributed by atoms with van der Waals surface area (Å²) in [5.41, 5.74) is 0. The van der Waals surface area contributed by atoms with Crippen LogP contribution in [0.3, 0.4) is 0 Å². The SMILES string of the molecule is CCCOc1cc(NC(C)C(=O)NCC)ncn1. The van der Waals surface area contributed by atoms with E-state index in [0.29, 0.717) is 24.8 Å². The van der Waals surface area contributed by atoms with Crippen molar-refractivity contribution in [3.8, 4) is 5.88 Å². The highest BCUT2D eigenvalue weighted by Crippen LogP contribution is 2.12. The van der Waals surface area contributed by atoms with Gasteiger partial charge in [0.1, 0.15) is 18.2 Å². The van der Waals surface area contributed by atoms with E-state index in [9.17, 15) is 4.79 Å². The number of ether oxygens (including phenoxy) is 1. The first kappa shape index (κ1) is 14.2. The molecule has 1 atom stereocenters. The lowest BCUT2D eigenvalue weighted by molar-refractivity contribution is -0.121. The first-order chi connectivity index (χ1) is 8.67. The fourth-order valence-electron chi connectivity index (χ4n) is 1.32. The first-order valence-corrected chi connectivity index (χ1v) is 6.16. The van der Waals surface area contributed by atoms with Gasteiger partial charge in [-0.05, 0) is 20.3 Å². The summed E-state index contributed by atoms with van der Waals surface area (Å²) >= 11 is 0. The smallest absolute Gasteiger partial charge is 0.242 e. The van der Waals surface area contributed by atoms with Gasteiger partial charge in [-0.2, -0.15) is 0 Å². The van der Waals surface area contributed by atoms with E-state index in [1.165, 1.54) is 6.33 Å². The number of likely N-dealkylation sites (N-methyl/N-ethyl adjacent to an activating group) is 1. The molecule has 0 aromatic carbocycles. The Morgan fingerprint density at radius 3 is 2.89 bits per heavy atom. The van der Waals surface area contributed by atoms with Crippen molar-refractivity contribution in [3.05, 3.63) is 12.4 Å². The molecule has 0 aliphatic rings. The average molecular weight is 252 g/mol. The molecular formula is C12H20N4O2. The van der Waals surface area contributed by atoms with Crippen molar-refractivity contribution in [2.45, 2.75) is 33.2 Å². The Kier molecular flexibility index (Phi) is 5.90. The summed E-state index contributed by atoms with van der Waals surface area (Å²) in [7, 11) is 0. The van der Waals surface area contributed by atoms with Gasteiger partial charge in [0.15, 0.2) is 0 Å². The zero-order valence-corrected chi connectivity index (χ0v) is 11.1. The van der Waals surface area contributed by atoms with Crippen LogP contribution in [0.25, 0.3) is 0 Å². The van der Waals surface area contributed by atoms with Gasteiger partial charge < -0.3 is 15.4 Å². The third-order valence-electron chi connectivity index (χ3n) is 2.20. The zero-order chi connectivity index (χ0) is 13.4. The molecule has 1 unspecified atom stereocenters. The van der Waals surface area contributed by atoms with Crippen LogP contribution in [-0.2, 0) is 4.79 Å². The summed E-state index contributed by atoms with van der Waals surface area (Å²) in [6.07, 6.45) is 2.33. The van der Waals surface area contributed by atoms with Gasteiger partial charge in [-0.25, -0.2) is 9.97 Å². The van der Waals surface area contributed by atoms with Gasteiger partial charge in [-0.15, -0.1) is 0 Å². The number of hydrogen-bond acceptors (Lipinski definition) is 5. The maximum Gasteiger partial charge on any atom is 0.242 e. The van der Waals surface area contributed by atoms with E-state index in [4.69, 9.17) is 4.74 Å². The number of rotatable bonds is 7. The Balaban J connectivity index is 2.58. The van der Waals surface area contributed by atoms with E-state index in [-0.39, 0.29) is 11.9 Å². The van der Waals surface area contributed by atoms with Gasteiger partial charge >= 0.3 is 0 Å². The van der Waals surface area contributed by atoms with E-state index in [1.54, 1.807) is 13.0 Å². The molecule has 1 aromatic heterocycles. The van der Waals surface area contributed by atoms with Crippen LogP contribution in [-0.4, -0.2) is 35.1 Å². The summed E-state index contributed by atoms with van der Waals surface area (Å²) in [6.45, 7) is 6.91. The molecule has 1 aromatic rings. The normalized spacial score (nSPS) is 11.7. The highest BCUT2D eigenvalue weighted by molar-refractivity contribution is 5.83. The molecule has 18 heavy (non-hydrogen) atoms. The second-order valence-electron chi connectivity index (χ2n) is 3.85. The van der Waals surface area contributed by atoms with Crippen molar-refractivity contribution in [1.29, 1.82) is 0 Å². The van der Waals surface area contributed by atoms with Gasteiger partial charge in [0.2, 0.25) is 11.8 Å². The van der Waals surface area contributed by atoms with Crippen LogP contribution < -0.4 is 15.4 Å². The molecule has 0 saturated heterocycles. The maximum absolute atomic E-state index is 11.6. The number of amides is 1. The van der Waals surface area contributed by atoms with Gasteiger partial charge in [-0.3, -0.25) is 4.79 Å². The largest absolute Gasteiger partial charge is 0.478 e. The van der Waals surface area contributed by atoms with Gasteiger partial charge in [0, 0.05) is 12.6 Å². The molecule has 0 aliphatic heterocycles. The summed E-state index contributed by atoms with van der Waals surface area (Å²) in [5.74, 6) is 1.03. The van der Waals surface area contributed by atoms with Gasteiger partial charge in [0.25, 0.3) is 0 Å². The second kappa shape index (κ2) is 7.47. The number of hydrogen-bond donors (Lipinski definition) is 2. The Hall–Kier alpha value is -1.85. The molecule has 2 N–H and O–H groups in total. The molecule has 0 aliphatic carbocycles. The molecule has 1 rings (SSSR count). The van der Waals surface area contributed by atoms with Crippen molar-refractivity contribution >= 4 is 11.7 Å². The summed E-state index contributed by atoms with van der Waals surface area (Å²) in [6, 6.07) is 1.34. The predicted octanol–water partition coefficient (Wildman–Crippen LogP) is 1.20. The van der Waals surface area contributed by atoms with Crippen LogP contribution in [0.2, 0.25) is 0 Å². The summed E-state index contributed by atoms with van der Waals surface area (Å²) < 4.78 is 5.39. The van der Waals surface area contributed by atoms with Crippen molar-refractivity contribution in [1.82, 2.24) is 15.3 Å². The number of nitrogens with one attached hydrogen (secondary N) is 2. The minimum absolute atomic E-state index is 0.0628. The van der Waals surface area contributed by atoms with Crippen molar-refractivity contribution in [2.24, 2.45) is 0 Å². The number of anilines is 1. The lowest BCUT2D eigenvalue weighted by Gasteiger charge is -2.14. The third kappa shape index (κ3) is 4.57. The molecule has 0 fully saturated rings. The Morgan fingerprint density at radius 1 is 1.44 bits per heavy atom. The Bertz CT molecular complexity index is 384. The lowest BCUT2D eigenvalue weighted by atomic mass is 10.3. The lowest BCUT2D eigenvalue weighted by Crippen LogP contribution is -2.37. The van der Waals surface area contributed by atoms with E-state index >= 15 is 0 Å². The monoisotopic (exact) mass is 252 g/mol. The van der Waals surface area contributed by atoms with Crippen LogP contribution in [0, 0.1) is 0 Å². The maximum atomic E-state index is 11.6. The van der Waals surface area contributed by atoms with Crippen LogP contribution in [0.5, 0.6) is 5.88 Å². The molecule has 0 radical (unpaired) electrons. The summed E-state index contributed by atoms with van der Waals surface area (Å²) in [4.78, 5) is 19.6. The first-order valence-electron chi connectivity index (χ1n) is 6.16. The highest BCUT2D eigenvalue weighted by Gasteiger charge is 2.12. The molecule has 0 saturated carbocycles. The van der Waals surface area contributed by atoms with E-state index in [1.807, 2.05) is 13.8 Å². The number of nitrogens with zero attached hydrogens (tertiary/aromatic N) is 2. The summed E-state index contributed by atoms with van der Waals surface area (Å²) in [5, 5.41) is 5.74. The minimum Gasteiger partial charge on any atom is -0.478 e. The molecule has 0 bridgehead atoms. The van der Waals surface area contributed by atoms with Crippen molar-refractivity contribution in [2.75, 3.05) is 18.5 Å².